The lowest BCUT2D eigenvalue weighted by Crippen LogP contribution is -2.51. The number of carboxylic acid groups (broad SMARTS) is 1. The number of carbonyl (C=O) groups is 1. The predicted octanol–water partition coefficient (Wildman–Crippen LogP) is 0.340. The summed E-state index contributed by atoms with van der Waals surface area (Å²) in [4.78, 5) is 13.5. The Labute approximate surface area is 93.4 Å². The van der Waals surface area contributed by atoms with Crippen molar-refractivity contribution in [2.24, 2.45) is 0 Å². The van der Waals surface area contributed by atoms with Crippen LogP contribution in [0.3, 0.4) is 0 Å². The largest absolute Gasteiger partial charge is 0.480 e. The van der Waals surface area contributed by atoms with E-state index in [0.717, 1.165) is 18.7 Å². The Morgan fingerprint density at radius 2 is 2.40 bits per heavy atom. The Morgan fingerprint density at radius 3 is 3.13 bits per heavy atom. The zero-order valence-electron chi connectivity index (χ0n) is 8.61. The normalized spacial score (nSPS) is 45.1. The molecular weight excluding hydrogens is 212 g/mol. The molecule has 3 atom stereocenters. The van der Waals surface area contributed by atoms with Crippen LogP contribution < -0.4 is 5.32 Å². The maximum Gasteiger partial charge on any atom is 0.321 e. The van der Waals surface area contributed by atoms with Gasteiger partial charge in [0.1, 0.15) is 6.04 Å². The third-order valence-electron chi connectivity index (χ3n) is 3.90. The maximum absolute atomic E-state index is 10.9. The van der Waals surface area contributed by atoms with Crippen molar-refractivity contribution in [3.8, 4) is 0 Å². The highest BCUT2D eigenvalue weighted by Crippen LogP contribution is 2.46. The number of aliphatic carboxylic acids is 1. The minimum absolute atomic E-state index is 0.0551. The van der Waals surface area contributed by atoms with Gasteiger partial charge in [0.05, 0.1) is 4.87 Å². The fraction of sp³-hybridized carbons (Fsp3) is 0.900. The summed E-state index contributed by atoms with van der Waals surface area (Å²) in [6, 6.07) is 0.238. The Morgan fingerprint density at radius 1 is 1.53 bits per heavy atom. The van der Waals surface area contributed by atoms with Gasteiger partial charge in [0, 0.05) is 18.3 Å². The molecular formula is C10H16N2O2S. The SMILES string of the molecule is O=C(O)[C@@H]1CSC2(CCN3CCCC32)N1. The van der Waals surface area contributed by atoms with E-state index in [0.29, 0.717) is 6.04 Å². The molecule has 2 N–H and O–H groups in total. The van der Waals surface area contributed by atoms with E-state index < -0.39 is 5.97 Å². The zero-order valence-corrected chi connectivity index (χ0v) is 9.42. The molecule has 0 amide bonds. The van der Waals surface area contributed by atoms with Crippen molar-refractivity contribution in [2.75, 3.05) is 18.8 Å². The van der Waals surface area contributed by atoms with E-state index in [2.05, 4.69) is 10.2 Å². The van der Waals surface area contributed by atoms with E-state index in [1.165, 1.54) is 19.4 Å². The molecule has 3 rings (SSSR count). The first-order valence-electron chi connectivity index (χ1n) is 5.60. The van der Waals surface area contributed by atoms with Gasteiger partial charge < -0.3 is 5.11 Å². The molecule has 2 unspecified atom stereocenters. The van der Waals surface area contributed by atoms with E-state index >= 15 is 0 Å². The van der Waals surface area contributed by atoms with Crippen molar-refractivity contribution in [1.29, 1.82) is 0 Å². The van der Waals surface area contributed by atoms with Gasteiger partial charge in [0.25, 0.3) is 0 Å². The van der Waals surface area contributed by atoms with Crippen molar-refractivity contribution >= 4 is 17.7 Å². The molecule has 4 nitrogen and oxygen atoms in total. The van der Waals surface area contributed by atoms with Crippen molar-refractivity contribution in [3.05, 3.63) is 0 Å². The van der Waals surface area contributed by atoms with Crippen molar-refractivity contribution in [2.45, 2.75) is 36.2 Å². The van der Waals surface area contributed by atoms with Crippen molar-refractivity contribution in [3.63, 3.8) is 0 Å². The van der Waals surface area contributed by atoms with Crippen LogP contribution in [-0.4, -0.2) is 51.8 Å². The molecule has 15 heavy (non-hydrogen) atoms. The number of nitrogens with one attached hydrogen (secondary N) is 1. The van der Waals surface area contributed by atoms with Crippen LogP contribution in [0.2, 0.25) is 0 Å². The molecule has 1 spiro atoms. The van der Waals surface area contributed by atoms with Crippen LogP contribution >= 0.6 is 11.8 Å². The first-order chi connectivity index (χ1) is 7.21. The Balaban J connectivity index is 1.78. The first-order valence-corrected chi connectivity index (χ1v) is 6.58. The smallest absolute Gasteiger partial charge is 0.321 e. The monoisotopic (exact) mass is 228 g/mol. The van der Waals surface area contributed by atoms with Gasteiger partial charge in [0.15, 0.2) is 0 Å². The molecule has 0 aromatic heterocycles. The summed E-state index contributed by atoms with van der Waals surface area (Å²) < 4.78 is 0. The minimum atomic E-state index is -0.698. The topological polar surface area (TPSA) is 52.6 Å². The minimum Gasteiger partial charge on any atom is -0.480 e. The quantitative estimate of drug-likeness (QED) is 0.678. The van der Waals surface area contributed by atoms with Crippen molar-refractivity contribution < 1.29 is 9.90 Å². The summed E-state index contributed by atoms with van der Waals surface area (Å²) in [6.07, 6.45) is 3.60. The Bertz CT molecular complexity index is 299. The molecule has 3 heterocycles. The molecule has 0 aromatic rings. The highest BCUT2D eigenvalue weighted by Gasteiger charge is 2.54. The summed E-state index contributed by atoms with van der Waals surface area (Å²) in [5, 5.41) is 12.4. The molecule has 0 bridgehead atoms. The van der Waals surface area contributed by atoms with E-state index in [-0.39, 0.29) is 10.9 Å². The van der Waals surface area contributed by atoms with E-state index in [9.17, 15) is 4.79 Å². The van der Waals surface area contributed by atoms with Crippen molar-refractivity contribution in [1.82, 2.24) is 10.2 Å². The molecule has 0 radical (unpaired) electrons. The van der Waals surface area contributed by atoms with Crippen LogP contribution in [0.4, 0.5) is 0 Å². The second kappa shape index (κ2) is 3.37. The Hall–Kier alpha value is -0.260. The van der Waals surface area contributed by atoms with Crippen LogP contribution in [0.1, 0.15) is 19.3 Å². The molecule has 3 aliphatic heterocycles. The molecule has 3 saturated heterocycles. The number of rotatable bonds is 1. The molecule has 3 fully saturated rings. The molecule has 3 aliphatic rings. The van der Waals surface area contributed by atoms with E-state index in [1.807, 2.05) is 11.8 Å². The zero-order chi connectivity index (χ0) is 10.5. The standard InChI is InChI=1S/C10H16N2O2S/c13-9(14)7-6-15-10(11-7)3-5-12-4-1-2-8(10)12/h7-8,11H,1-6H2,(H,13,14)/t7-,8?,10?/m0/s1. The summed E-state index contributed by atoms with van der Waals surface area (Å²) >= 11 is 1.83. The van der Waals surface area contributed by atoms with E-state index in [4.69, 9.17) is 5.11 Å². The molecule has 0 aliphatic carbocycles. The van der Waals surface area contributed by atoms with Crippen LogP contribution in [-0.2, 0) is 4.79 Å². The van der Waals surface area contributed by atoms with Gasteiger partial charge in [-0.3, -0.25) is 15.0 Å². The van der Waals surface area contributed by atoms with Gasteiger partial charge in [-0.1, -0.05) is 0 Å². The average molecular weight is 228 g/mol. The number of nitrogens with zero attached hydrogens (tertiary/aromatic N) is 1. The van der Waals surface area contributed by atoms with E-state index in [1.54, 1.807) is 0 Å². The fourth-order valence-electron chi connectivity index (χ4n) is 3.18. The van der Waals surface area contributed by atoms with Gasteiger partial charge in [-0.25, -0.2) is 0 Å². The second-order valence-electron chi connectivity index (χ2n) is 4.68. The molecule has 0 saturated carbocycles. The highest BCUT2D eigenvalue weighted by molar-refractivity contribution is 8.01. The first kappa shape index (κ1) is 9.93. The predicted molar refractivity (Wildman–Crippen MR) is 59.0 cm³/mol. The molecule has 5 heteroatoms. The van der Waals surface area contributed by atoms with Crippen LogP contribution in [0.15, 0.2) is 0 Å². The number of hydrogen-bond donors (Lipinski definition) is 2. The number of fused-ring (bicyclic) bond motifs is 2. The lowest BCUT2D eigenvalue weighted by molar-refractivity contribution is -0.138. The molecule has 0 aromatic carbocycles. The highest BCUT2D eigenvalue weighted by atomic mass is 32.2. The maximum atomic E-state index is 10.9. The van der Waals surface area contributed by atoms with Gasteiger partial charge >= 0.3 is 5.97 Å². The number of hydrogen-bond acceptors (Lipinski definition) is 4. The third-order valence-corrected chi connectivity index (χ3v) is 5.51. The number of thioether (sulfide) groups is 1. The summed E-state index contributed by atoms with van der Waals surface area (Å²) in [7, 11) is 0. The fourth-order valence-corrected chi connectivity index (χ4v) is 4.79. The third kappa shape index (κ3) is 1.40. The lowest BCUT2D eigenvalue weighted by Gasteiger charge is -2.30. The van der Waals surface area contributed by atoms with Gasteiger partial charge in [-0.05, 0) is 25.8 Å². The van der Waals surface area contributed by atoms with Crippen LogP contribution in [0, 0.1) is 0 Å². The number of carboxylic acids is 1. The van der Waals surface area contributed by atoms with Gasteiger partial charge in [0.2, 0.25) is 0 Å². The Kier molecular flexibility index (Phi) is 2.23. The lowest BCUT2D eigenvalue weighted by atomic mass is 10.1. The second-order valence-corrected chi connectivity index (χ2v) is 6.03. The summed E-state index contributed by atoms with van der Waals surface area (Å²) in [6.45, 7) is 2.34. The van der Waals surface area contributed by atoms with Gasteiger partial charge in [-0.15, -0.1) is 11.8 Å². The van der Waals surface area contributed by atoms with Crippen LogP contribution in [0.5, 0.6) is 0 Å². The summed E-state index contributed by atoms with van der Waals surface area (Å²) in [5.74, 6) is 0.0236. The molecule has 84 valence electrons. The summed E-state index contributed by atoms with van der Waals surface area (Å²) in [5.41, 5.74) is 0. The average Bonchev–Trinajstić information content (AvgIpc) is 2.88. The van der Waals surface area contributed by atoms with Crippen LogP contribution in [0.25, 0.3) is 0 Å². The van der Waals surface area contributed by atoms with Gasteiger partial charge in [-0.2, -0.15) is 0 Å².